The molecule has 1 rings (SSSR count). The minimum atomic E-state index is -0.880. The van der Waals surface area contributed by atoms with E-state index in [2.05, 4.69) is 5.32 Å². The molecule has 114 valence electrons. The van der Waals surface area contributed by atoms with Crippen LogP contribution in [0.4, 0.5) is 4.39 Å². The van der Waals surface area contributed by atoms with E-state index in [1.807, 2.05) is 0 Å². The van der Waals surface area contributed by atoms with Crippen LogP contribution in [0.5, 0.6) is 5.75 Å². The van der Waals surface area contributed by atoms with Crippen molar-refractivity contribution in [3.05, 3.63) is 35.7 Å². The first-order chi connectivity index (χ1) is 9.97. The number of nitrogens with one attached hydrogen (secondary N) is 1. The predicted octanol–water partition coefficient (Wildman–Crippen LogP) is 1.92. The summed E-state index contributed by atoms with van der Waals surface area (Å²) in [6.07, 6.45) is 1.65. The van der Waals surface area contributed by atoms with Gasteiger partial charge in [0, 0.05) is 12.6 Å². The Kier molecular flexibility index (Phi) is 6.39. The lowest BCUT2D eigenvalue weighted by atomic mass is 10.2. The van der Waals surface area contributed by atoms with E-state index in [9.17, 15) is 14.0 Å². The number of carbonyl (C=O) groups is 2. The zero-order valence-electron chi connectivity index (χ0n) is 12.2. The van der Waals surface area contributed by atoms with Crippen LogP contribution < -0.4 is 10.1 Å². The van der Waals surface area contributed by atoms with Crippen LogP contribution in [-0.4, -0.2) is 31.6 Å². The molecule has 0 unspecified atom stereocenters. The first-order valence-corrected chi connectivity index (χ1v) is 6.47. The van der Waals surface area contributed by atoms with Gasteiger partial charge in [0.1, 0.15) is 0 Å². The highest BCUT2D eigenvalue weighted by molar-refractivity contribution is 5.90. The molecule has 0 aliphatic heterocycles. The predicted molar refractivity (Wildman–Crippen MR) is 76.2 cm³/mol. The zero-order valence-corrected chi connectivity index (χ0v) is 12.2. The van der Waals surface area contributed by atoms with E-state index < -0.39 is 17.9 Å². The summed E-state index contributed by atoms with van der Waals surface area (Å²) in [6, 6.07) is 4.28. The highest BCUT2D eigenvalue weighted by Crippen LogP contribution is 2.18. The third-order valence-corrected chi connectivity index (χ3v) is 2.60. The molecule has 0 aliphatic rings. The Morgan fingerprint density at radius 1 is 1.43 bits per heavy atom. The number of carbonyl (C=O) groups excluding carboxylic acids is 2. The van der Waals surface area contributed by atoms with Crippen molar-refractivity contribution in [2.24, 2.45) is 0 Å². The van der Waals surface area contributed by atoms with Gasteiger partial charge in [0.05, 0.1) is 7.11 Å². The van der Waals surface area contributed by atoms with Crippen molar-refractivity contribution < 1.29 is 23.5 Å². The summed E-state index contributed by atoms with van der Waals surface area (Å²) in [5.41, 5.74) is 0.482. The smallest absolute Gasteiger partial charge is 0.331 e. The lowest BCUT2D eigenvalue weighted by Crippen LogP contribution is -2.35. The average Bonchev–Trinajstić information content (AvgIpc) is 2.45. The molecule has 0 aliphatic carbocycles. The van der Waals surface area contributed by atoms with Crippen molar-refractivity contribution in [1.29, 1.82) is 0 Å². The van der Waals surface area contributed by atoms with Gasteiger partial charge in [0.2, 0.25) is 0 Å². The van der Waals surface area contributed by atoms with Gasteiger partial charge in [0.15, 0.2) is 17.7 Å². The van der Waals surface area contributed by atoms with E-state index in [0.717, 1.165) is 6.08 Å². The summed E-state index contributed by atoms with van der Waals surface area (Å²) >= 11 is 0. The van der Waals surface area contributed by atoms with Crippen molar-refractivity contribution in [3.8, 4) is 5.75 Å². The molecule has 1 aromatic carbocycles. The number of hydrogen-bond acceptors (Lipinski definition) is 4. The SMILES string of the molecule is CCNC(=O)[C@H](C)OC(=O)/C=C/c1ccc(OC)c(F)c1. The molecule has 1 amide bonds. The summed E-state index contributed by atoms with van der Waals surface area (Å²) in [5, 5.41) is 2.54. The van der Waals surface area contributed by atoms with Gasteiger partial charge in [-0.3, -0.25) is 4.79 Å². The monoisotopic (exact) mass is 295 g/mol. The Labute approximate surface area is 122 Å². The maximum absolute atomic E-state index is 13.4. The van der Waals surface area contributed by atoms with Gasteiger partial charge in [-0.05, 0) is 37.6 Å². The molecule has 0 aromatic heterocycles. The largest absolute Gasteiger partial charge is 0.494 e. The van der Waals surface area contributed by atoms with Gasteiger partial charge in [0.25, 0.3) is 5.91 Å². The van der Waals surface area contributed by atoms with Crippen LogP contribution in [0.1, 0.15) is 19.4 Å². The van der Waals surface area contributed by atoms with Crippen LogP contribution in [0, 0.1) is 5.82 Å². The number of ether oxygens (including phenoxy) is 2. The van der Waals surface area contributed by atoms with Crippen LogP contribution in [0.3, 0.4) is 0 Å². The van der Waals surface area contributed by atoms with Gasteiger partial charge in [-0.15, -0.1) is 0 Å². The van der Waals surface area contributed by atoms with Crippen molar-refractivity contribution in [2.75, 3.05) is 13.7 Å². The second kappa shape index (κ2) is 8.04. The molecule has 0 heterocycles. The number of esters is 1. The maximum atomic E-state index is 13.4. The molecule has 6 heteroatoms. The quantitative estimate of drug-likeness (QED) is 0.643. The fraction of sp³-hybridized carbons (Fsp3) is 0.333. The first kappa shape index (κ1) is 16.7. The lowest BCUT2D eigenvalue weighted by molar-refractivity contribution is -0.150. The van der Waals surface area contributed by atoms with E-state index in [1.165, 1.54) is 32.2 Å². The summed E-state index contributed by atoms with van der Waals surface area (Å²) in [6.45, 7) is 3.70. The molecule has 0 saturated carbocycles. The highest BCUT2D eigenvalue weighted by atomic mass is 19.1. The van der Waals surface area contributed by atoms with Gasteiger partial charge in [-0.25, -0.2) is 9.18 Å². The average molecular weight is 295 g/mol. The third-order valence-electron chi connectivity index (χ3n) is 2.60. The van der Waals surface area contributed by atoms with E-state index in [0.29, 0.717) is 12.1 Å². The fourth-order valence-electron chi connectivity index (χ4n) is 1.54. The first-order valence-electron chi connectivity index (χ1n) is 6.47. The van der Waals surface area contributed by atoms with Gasteiger partial charge < -0.3 is 14.8 Å². The summed E-state index contributed by atoms with van der Waals surface area (Å²) in [4.78, 5) is 22.9. The number of likely N-dealkylation sites (N-methyl/N-ethyl adjacent to an activating group) is 1. The Morgan fingerprint density at radius 3 is 2.71 bits per heavy atom. The van der Waals surface area contributed by atoms with Crippen LogP contribution in [-0.2, 0) is 14.3 Å². The lowest BCUT2D eigenvalue weighted by Gasteiger charge is -2.10. The molecular formula is C15H18FNO4. The second-order valence-electron chi connectivity index (χ2n) is 4.20. The third kappa shape index (κ3) is 5.25. The van der Waals surface area contributed by atoms with E-state index >= 15 is 0 Å². The van der Waals surface area contributed by atoms with Crippen molar-refractivity contribution in [1.82, 2.24) is 5.32 Å². The Bertz CT molecular complexity index is 542. The molecule has 0 bridgehead atoms. The number of amides is 1. The summed E-state index contributed by atoms with van der Waals surface area (Å²) < 4.78 is 23.1. The molecule has 0 saturated heterocycles. The van der Waals surface area contributed by atoms with Crippen LogP contribution in [0.2, 0.25) is 0 Å². The fourth-order valence-corrected chi connectivity index (χ4v) is 1.54. The van der Waals surface area contributed by atoms with Gasteiger partial charge in [-0.2, -0.15) is 0 Å². The normalized spacial score (nSPS) is 12.0. The van der Waals surface area contributed by atoms with Crippen LogP contribution >= 0.6 is 0 Å². The highest BCUT2D eigenvalue weighted by Gasteiger charge is 2.15. The van der Waals surface area contributed by atoms with Gasteiger partial charge >= 0.3 is 5.97 Å². The molecule has 1 N–H and O–H groups in total. The second-order valence-corrected chi connectivity index (χ2v) is 4.20. The standard InChI is InChI=1S/C15H18FNO4/c1-4-17-15(19)10(2)21-14(18)8-6-11-5-7-13(20-3)12(16)9-11/h5-10H,4H2,1-3H3,(H,17,19)/b8-6+/t10-/m0/s1. The summed E-state index contributed by atoms with van der Waals surface area (Å²) in [5.74, 6) is -1.44. The zero-order chi connectivity index (χ0) is 15.8. The molecular weight excluding hydrogens is 277 g/mol. The number of halogens is 1. The number of hydrogen-bond donors (Lipinski definition) is 1. The minimum absolute atomic E-state index is 0.125. The van der Waals surface area contributed by atoms with E-state index in [-0.39, 0.29) is 11.7 Å². The minimum Gasteiger partial charge on any atom is -0.494 e. The number of methoxy groups -OCH3 is 1. The van der Waals surface area contributed by atoms with Crippen molar-refractivity contribution in [3.63, 3.8) is 0 Å². The molecule has 0 spiro atoms. The van der Waals surface area contributed by atoms with Crippen LogP contribution in [0.25, 0.3) is 6.08 Å². The molecule has 1 aromatic rings. The topological polar surface area (TPSA) is 64.6 Å². The molecule has 5 nitrogen and oxygen atoms in total. The Morgan fingerprint density at radius 2 is 2.14 bits per heavy atom. The Balaban J connectivity index is 2.62. The van der Waals surface area contributed by atoms with Crippen molar-refractivity contribution in [2.45, 2.75) is 20.0 Å². The maximum Gasteiger partial charge on any atom is 0.331 e. The summed E-state index contributed by atoms with van der Waals surface area (Å²) in [7, 11) is 1.37. The number of benzene rings is 1. The van der Waals surface area contributed by atoms with Crippen molar-refractivity contribution >= 4 is 18.0 Å². The van der Waals surface area contributed by atoms with Crippen LogP contribution in [0.15, 0.2) is 24.3 Å². The van der Waals surface area contributed by atoms with E-state index in [4.69, 9.17) is 9.47 Å². The molecule has 0 radical (unpaired) electrons. The molecule has 1 atom stereocenters. The number of rotatable bonds is 6. The molecule has 21 heavy (non-hydrogen) atoms. The van der Waals surface area contributed by atoms with E-state index in [1.54, 1.807) is 13.0 Å². The van der Waals surface area contributed by atoms with Gasteiger partial charge in [-0.1, -0.05) is 6.07 Å². The molecule has 0 fully saturated rings. The Hall–Kier alpha value is -2.37.